The predicted molar refractivity (Wildman–Crippen MR) is 105 cm³/mol. The van der Waals surface area contributed by atoms with Gasteiger partial charge in [-0.2, -0.15) is 4.52 Å². The summed E-state index contributed by atoms with van der Waals surface area (Å²) in [5.41, 5.74) is 2.67. The second-order valence-corrected chi connectivity index (χ2v) is 7.71. The Morgan fingerprint density at radius 2 is 2.00 bits per heavy atom. The van der Waals surface area contributed by atoms with Gasteiger partial charge in [0.05, 0.1) is 5.69 Å². The van der Waals surface area contributed by atoms with Crippen molar-refractivity contribution < 1.29 is 0 Å². The maximum Gasteiger partial charge on any atom is 0.275 e. The first kappa shape index (κ1) is 16.4. The Morgan fingerprint density at radius 1 is 1.15 bits per heavy atom. The second kappa shape index (κ2) is 6.43. The Hall–Kier alpha value is -2.78. The number of rotatable bonds is 3. The van der Waals surface area contributed by atoms with E-state index in [-0.39, 0.29) is 5.56 Å². The van der Waals surface area contributed by atoms with Gasteiger partial charge in [-0.1, -0.05) is 17.4 Å². The van der Waals surface area contributed by atoms with Crippen molar-refractivity contribution in [3.05, 3.63) is 58.4 Å². The zero-order valence-electron chi connectivity index (χ0n) is 14.9. The molecule has 4 aromatic heterocycles. The minimum absolute atomic E-state index is 0.120. The van der Waals surface area contributed by atoms with E-state index >= 15 is 0 Å². The van der Waals surface area contributed by atoms with Crippen molar-refractivity contribution in [1.29, 1.82) is 0 Å². The summed E-state index contributed by atoms with van der Waals surface area (Å²) in [5.74, 6) is 0. The van der Waals surface area contributed by atoms with Crippen LogP contribution in [0.2, 0.25) is 0 Å². The normalized spacial score (nSPS) is 15.8. The van der Waals surface area contributed by atoms with Crippen LogP contribution in [0, 0.1) is 6.92 Å². The van der Waals surface area contributed by atoms with Gasteiger partial charge in [0.15, 0.2) is 0 Å². The summed E-state index contributed by atoms with van der Waals surface area (Å²) < 4.78 is 3.45. The fraction of sp³-hybridized carbons (Fsp3) is 0.333. The van der Waals surface area contributed by atoms with Crippen LogP contribution in [0.3, 0.4) is 0 Å². The van der Waals surface area contributed by atoms with Gasteiger partial charge in [-0.15, -0.1) is 5.10 Å². The molecule has 0 saturated carbocycles. The molecule has 1 aliphatic rings. The maximum atomic E-state index is 12.1. The highest BCUT2D eigenvalue weighted by molar-refractivity contribution is 7.20. The molecule has 8 nitrogen and oxygen atoms in total. The van der Waals surface area contributed by atoms with Crippen molar-refractivity contribution in [2.24, 2.45) is 0 Å². The van der Waals surface area contributed by atoms with Crippen LogP contribution in [0.1, 0.15) is 11.4 Å². The molecule has 1 aliphatic heterocycles. The maximum absolute atomic E-state index is 12.1. The average molecular weight is 381 g/mol. The number of hydrogen-bond donors (Lipinski definition) is 0. The lowest BCUT2D eigenvalue weighted by atomic mass is 10.3. The lowest BCUT2D eigenvalue weighted by molar-refractivity contribution is 0.247. The number of hydrogen-bond acceptors (Lipinski definition) is 7. The number of aromatic nitrogens is 5. The second-order valence-electron chi connectivity index (χ2n) is 6.78. The van der Waals surface area contributed by atoms with E-state index in [4.69, 9.17) is 0 Å². The quantitative estimate of drug-likeness (QED) is 0.535. The number of nitrogens with zero attached hydrogens (tertiary/aromatic N) is 7. The molecular weight excluding hydrogens is 362 g/mol. The first-order valence-corrected chi connectivity index (χ1v) is 9.75. The first-order chi connectivity index (χ1) is 13.2. The summed E-state index contributed by atoms with van der Waals surface area (Å²) in [6.45, 7) is 6.30. The Balaban J connectivity index is 1.28. The van der Waals surface area contributed by atoms with Crippen molar-refractivity contribution in [3.8, 4) is 0 Å². The summed E-state index contributed by atoms with van der Waals surface area (Å²) in [5, 5.41) is 5.33. The molecule has 0 aliphatic carbocycles. The standard InChI is InChI=1S/C18H19N7OS/c1-13-10-16(26)25-17(19-13)27-18(21-25)23-8-6-22(7-9-23)11-14-12-24-5-3-2-4-15(24)20-14/h2-5,10,12H,6-9,11H2,1H3. The van der Waals surface area contributed by atoms with Crippen molar-refractivity contribution >= 4 is 27.1 Å². The van der Waals surface area contributed by atoms with Gasteiger partial charge in [0.25, 0.3) is 5.56 Å². The summed E-state index contributed by atoms with van der Waals surface area (Å²) in [4.78, 5) is 26.4. The van der Waals surface area contributed by atoms with Gasteiger partial charge in [0, 0.05) is 56.9 Å². The number of aryl methyl sites for hydroxylation is 1. The van der Waals surface area contributed by atoms with Gasteiger partial charge >= 0.3 is 0 Å². The SMILES string of the molecule is Cc1cc(=O)n2nc(N3CCN(Cc4cn5ccccc5n4)CC3)sc2n1. The van der Waals surface area contributed by atoms with Gasteiger partial charge in [-0.05, 0) is 19.1 Å². The molecule has 0 N–H and O–H groups in total. The van der Waals surface area contributed by atoms with Crippen molar-refractivity contribution in [3.63, 3.8) is 0 Å². The van der Waals surface area contributed by atoms with Crippen LogP contribution in [0.5, 0.6) is 0 Å². The molecule has 0 aromatic carbocycles. The molecule has 0 spiro atoms. The third kappa shape index (κ3) is 3.08. The van der Waals surface area contributed by atoms with Gasteiger partial charge < -0.3 is 9.30 Å². The van der Waals surface area contributed by atoms with Crippen molar-refractivity contribution in [2.75, 3.05) is 31.1 Å². The van der Waals surface area contributed by atoms with Crippen LogP contribution >= 0.6 is 11.3 Å². The number of imidazole rings is 1. The monoisotopic (exact) mass is 381 g/mol. The molecule has 0 unspecified atom stereocenters. The highest BCUT2D eigenvalue weighted by Gasteiger charge is 2.21. The highest BCUT2D eigenvalue weighted by atomic mass is 32.1. The van der Waals surface area contributed by atoms with E-state index in [9.17, 15) is 4.79 Å². The van der Waals surface area contributed by atoms with E-state index in [0.29, 0.717) is 4.96 Å². The lowest BCUT2D eigenvalue weighted by Crippen LogP contribution is -2.46. The average Bonchev–Trinajstić information content (AvgIpc) is 3.26. The van der Waals surface area contributed by atoms with Crippen LogP contribution < -0.4 is 10.5 Å². The molecule has 5 rings (SSSR count). The van der Waals surface area contributed by atoms with Crippen LogP contribution in [0.15, 0.2) is 41.5 Å². The first-order valence-electron chi connectivity index (χ1n) is 8.93. The molecule has 1 fully saturated rings. The fourth-order valence-electron chi connectivity index (χ4n) is 3.43. The van der Waals surface area contributed by atoms with Gasteiger partial charge in [0.2, 0.25) is 10.1 Å². The summed E-state index contributed by atoms with van der Waals surface area (Å²) in [6.07, 6.45) is 4.12. The smallest absolute Gasteiger partial charge is 0.275 e. The summed E-state index contributed by atoms with van der Waals surface area (Å²) in [6, 6.07) is 7.55. The summed E-state index contributed by atoms with van der Waals surface area (Å²) >= 11 is 1.47. The Morgan fingerprint density at radius 3 is 2.81 bits per heavy atom. The van der Waals surface area contributed by atoms with E-state index in [1.807, 2.05) is 31.3 Å². The Labute approximate surface area is 159 Å². The molecule has 0 bridgehead atoms. The minimum atomic E-state index is -0.120. The molecule has 5 heterocycles. The number of fused-ring (bicyclic) bond motifs is 2. The zero-order chi connectivity index (χ0) is 18.4. The molecule has 1 saturated heterocycles. The Bertz CT molecular complexity index is 1140. The van der Waals surface area contributed by atoms with E-state index in [1.165, 1.54) is 21.9 Å². The molecule has 9 heteroatoms. The van der Waals surface area contributed by atoms with Crippen LogP contribution in [0.4, 0.5) is 5.13 Å². The van der Waals surface area contributed by atoms with E-state index < -0.39 is 0 Å². The molecule has 0 amide bonds. The largest absolute Gasteiger partial charge is 0.344 e. The summed E-state index contributed by atoms with van der Waals surface area (Å²) in [7, 11) is 0. The van der Waals surface area contributed by atoms with Crippen LogP contribution in [0.25, 0.3) is 10.6 Å². The molecule has 138 valence electrons. The van der Waals surface area contributed by atoms with Crippen molar-refractivity contribution in [2.45, 2.75) is 13.5 Å². The van der Waals surface area contributed by atoms with E-state index in [0.717, 1.165) is 54.9 Å². The van der Waals surface area contributed by atoms with Crippen LogP contribution in [-0.2, 0) is 6.54 Å². The van der Waals surface area contributed by atoms with Crippen molar-refractivity contribution in [1.82, 2.24) is 28.9 Å². The van der Waals surface area contributed by atoms with Gasteiger partial charge in [-0.3, -0.25) is 9.69 Å². The molecule has 0 radical (unpaired) electrons. The third-order valence-corrected chi connectivity index (χ3v) is 5.77. The third-order valence-electron chi connectivity index (χ3n) is 4.80. The minimum Gasteiger partial charge on any atom is -0.344 e. The molecule has 0 atom stereocenters. The lowest BCUT2D eigenvalue weighted by Gasteiger charge is -2.33. The van der Waals surface area contributed by atoms with E-state index in [1.54, 1.807) is 0 Å². The highest BCUT2D eigenvalue weighted by Crippen LogP contribution is 2.23. The number of anilines is 1. The number of piperazine rings is 1. The van der Waals surface area contributed by atoms with Gasteiger partial charge in [-0.25, -0.2) is 9.97 Å². The number of pyridine rings is 1. The molecule has 27 heavy (non-hydrogen) atoms. The topological polar surface area (TPSA) is 71.0 Å². The Kier molecular flexibility index (Phi) is 3.91. The molecular formula is C18H19N7OS. The van der Waals surface area contributed by atoms with Gasteiger partial charge in [0.1, 0.15) is 5.65 Å². The zero-order valence-corrected chi connectivity index (χ0v) is 15.8. The van der Waals surface area contributed by atoms with E-state index in [2.05, 4.69) is 35.5 Å². The fourth-order valence-corrected chi connectivity index (χ4v) is 4.43. The van der Waals surface area contributed by atoms with Crippen LogP contribution in [-0.4, -0.2) is 55.1 Å². The molecule has 4 aromatic rings. The predicted octanol–water partition coefficient (Wildman–Crippen LogP) is 1.43.